The summed E-state index contributed by atoms with van der Waals surface area (Å²) in [5, 5.41) is 0.377. The lowest BCUT2D eigenvalue weighted by Crippen LogP contribution is -2.51. The van der Waals surface area contributed by atoms with E-state index in [0.717, 1.165) is 5.75 Å². The van der Waals surface area contributed by atoms with Crippen molar-refractivity contribution in [2.24, 2.45) is 5.41 Å². The van der Waals surface area contributed by atoms with Crippen LogP contribution in [0.2, 0.25) is 0 Å². The highest BCUT2D eigenvalue weighted by molar-refractivity contribution is 8.01. The highest BCUT2D eigenvalue weighted by Crippen LogP contribution is 2.68. The van der Waals surface area contributed by atoms with E-state index in [1.165, 1.54) is 16.8 Å². The lowest BCUT2D eigenvalue weighted by atomic mass is 9.71. The summed E-state index contributed by atoms with van der Waals surface area (Å²) < 4.78 is 5.55. The Hall–Kier alpha value is -1.61. The molecule has 0 aliphatic carbocycles. The third-order valence-electron chi connectivity index (χ3n) is 6.10. The molecule has 4 rings (SSSR count). The van der Waals surface area contributed by atoms with Crippen molar-refractivity contribution in [2.75, 3.05) is 12.0 Å². The third-order valence-corrected chi connectivity index (χ3v) is 7.92. The average Bonchev–Trinajstić information content (AvgIpc) is 2.86. The van der Waals surface area contributed by atoms with Crippen LogP contribution in [-0.4, -0.2) is 11.9 Å². The molecule has 1 saturated heterocycles. The van der Waals surface area contributed by atoms with Crippen LogP contribution in [0.15, 0.2) is 48.5 Å². The molecule has 126 valence electrons. The highest BCUT2D eigenvalue weighted by Gasteiger charge is 2.58. The number of fused-ring (bicyclic) bond motifs is 5. The molecule has 0 saturated carbocycles. The molecule has 1 fully saturated rings. The lowest BCUT2D eigenvalue weighted by molar-refractivity contribution is 0.209. The molecule has 0 amide bonds. The van der Waals surface area contributed by atoms with Gasteiger partial charge in [-0.05, 0) is 35.4 Å². The largest absolute Gasteiger partial charge is 0.497 e. The molecule has 2 bridgehead atoms. The predicted molar refractivity (Wildman–Crippen MR) is 103 cm³/mol. The second kappa shape index (κ2) is 5.19. The molecule has 2 aliphatic heterocycles. The van der Waals surface area contributed by atoms with Gasteiger partial charge in [0.05, 0.1) is 13.2 Å². The van der Waals surface area contributed by atoms with Crippen molar-refractivity contribution in [1.29, 1.82) is 0 Å². The first kappa shape index (κ1) is 15.9. The van der Waals surface area contributed by atoms with Gasteiger partial charge in [0.1, 0.15) is 11.1 Å². The van der Waals surface area contributed by atoms with E-state index in [9.17, 15) is 0 Å². The molecule has 2 heterocycles. The number of thioether (sulfide) groups is 1. The second-order valence-electron chi connectivity index (χ2n) is 7.84. The average molecular weight is 340 g/mol. The SMILES string of the molecule is COc1ccc(N2C3SC(C)(C)C(C)(C)C2c2ccccc23)cc1. The molecule has 2 atom stereocenters. The Morgan fingerprint density at radius 1 is 0.917 bits per heavy atom. The number of nitrogens with zero attached hydrogens (tertiary/aromatic N) is 1. The number of hydrogen-bond donors (Lipinski definition) is 0. The number of rotatable bonds is 2. The standard InChI is InChI=1S/C21H25NOS/c1-20(2)18-16-8-6-7-9-17(16)19(24-21(20,3)4)22(18)14-10-12-15(23-5)13-11-14/h6-13,18-19H,1-5H3. The van der Waals surface area contributed by atoms with Crippen LogP contribution in [-0.2, 0) is 0 Å². The smallest absolute Gasteiger partial charge is 0.119 e. The monoisotopic (exact) mass is 339 g/mol. The minimum Gasteiger partial charge on any atom is -0.497 e. The maximum atomic E-state index is 5.34. The van der Waals surface area contributed by atoms with Crippen LogP contribution in [0.25, 0.3) is 0 Å². The fourth-order valence-corrected chi connectivity index (χ4v) is 5.75. The van der Waals surface area contributed by atoms with E-state index in [-0.39, 0.29) is 10.2 Å². The van der Waals surface area contributed by atoms with E-state index >= 15 is 0 Å². The first-order valence-electron chi connectivity index (χ1n) is 8.56. The Bertz CT molecular complexity index is 766. The molecule has 2 nitrogen and oxygen atoms in total. The van der Waals surface area contributed by atoms with Crippen molar-refractivity contribution in [3.8, 4) is 5.75 Å². The van der Waals surface area contributed by atoms with Crippen molar-refractivity contribution in [2.45, 2.75) is 43.9 Å². The van der Waals surface area contributed by atoms with E-state index < -0.39 is 0 Å². The maximum absolute atomic E-state index is 5.34. The van der Waals surface area contributed by atoms with Gasteiger partial charge < -0.3 is 9.64 Å². The van der Waals surface area contributed by atoms with Crippen LogP contribution in [0, 0.1) is 5.41 Å². The van der Waals surface area contributed by atoms with Crippen molar-refractivity contribution in [3.63, 3.8) is 0 Å². The molecule has 0 spiro atoms. The Morgan fingerprint density at radius 2 is 1.54 bits per heavy atom. The van der Waals surface area contributed by atoms with Gasteiger partial charge in [0.25, 0.3) is 0 Å². The first-order valence-corrected chi connectivity index (χ1v) is 9.44. The van der Waals surface area contributed by atoms with Gasteiger partial charge >= 0.3 is 0 Å². The van der Waals surface area contributed by atoms with E-state index in [0.29, 0.717) is 11.4 Å². The zero-order chi connectivity index (χ0) is 17.1. The molecule has 3 heteroatoms. The van der Waals surface area contributed by atoms with Crippen LogP contribution in [0.3, 0.4) is 0 Å². The quantitative estimate of drug-likeness (QED) is 0.685. The van der Waals surface area contributed by atoms with Crippen LogP contribution >= 0.6 is 11.8 Å². The Labute approximate surface area is 149 Å². The summed E-state index contributed by atoms with van der Waals surface area (Å²) >= 11 is 2.09. The fraction of sp³-hybridized carbons (Fsp3) is 0.429. The minimum absolute atomic E-state index is 0.153. The number of methoxy groups -OCH3 is 1. The van der Waals surface area contributed by atoms with Crippen molar-refractivity contribution in [3.05, 3.63) is 59.7 Å². The summed E-state index contributed by atoms with van der Waals surface area (Å²) in [6.07, 6.45) is 0. The summed E-state index contributed by atoms with van der Waals surface area (Å²) in [5.74, 6) is 0.910. The third kappa shape index (κ3) is 2.03. The van der Waals surface area contributed by atoms with Crippen LogP contribution in [0.5, 0.6) is 5.75 Å². The Morgan fingerprint density at radius 3 is 2.17 bits per heavy atom. The number of benzene rings is 2. The van der Waals surface area contributed by atoms with Crippen molar-refractivity contribution >= 4 is 17.4 Å². The van der Waals surface area contributed by atoms with Crippen molar-refractivity contribution in [1.82, 2.24) is 0 Å². The molecule has 24 heavy (non-hydrogen) atoms. The first-order chi connectivity index (χ1) is 11.4. The second-order valence-corrected chi connectivity index (χ2v) is 9.54. The molecular formula is C21H25NOS. The summed E-state index contributed by atoms with van der Waals surface area (Å²) in [6.45, 7) is 9.63. The molecule has 2 unspecified atom stereocenters. The molecule has 2 aromatic carbocycles. The van der Waals surface area contributed by atoms with Gasteiger partial charge in [0, 0.05) is 15.8 Å². The summed E-state index contributed by atoms with van der Waals surface area (Å²) in [6, 6.07) is 17.9. The van der Waals surface area contributed by atoms with E-state index in [1.807, 2.05) is 0 Å². The molecule has 0 N–H and O–H groups in total. The number of hydrogen-bond acceptors (Lipinski definition) is 3. The van der Waals surface area contributed by atoms with Crippen LogP contribution < -0.4 is 9.64 Å². The predicted octanol–water partition coefficient (Wildman–Crippen LogP) is 5.81. The fourth-order valence-electron chi connectivity index (χ4n) is 4.08. The van der Waals surface area contributed by atoms with E-state index in [1.54, 1.807) is 7.11 Å². The van der Waals surface area contributed by atoms with Gasteiger partial charge in [0.15, 0.2) is 0 Å². The van der Waals surface area contributed by atoms with Gasteiger partial charge in [-0.1, -0.05) is 52.0 Å². The van der Waals surface area contributed by atoms with Gasteiger partial charge in [-0.15, -0.1) is 11.8 Å². The summed E-state index contributed by atoms with van der Waals surface area (Å²) in [4.78, 5) is 2.61. The summed E-state index contributed by atoms with van der Waals surface area (Å²) in [7, 11) is 1.72. The Kier molecular flexibility index (Phi) is 3.44. The topological polar surface area (TPSA) is 12.5 Å². The molecular weight excluding hydrogens is 314 g/mol. The van der Waals surface area contributed by atoms with Crippen molar-refractivity contribution < 1.29 is 4.74 Å². The van der Waals surface area contributed by atoms with Crippen LogP contribution in [0.1, 0.15) is 50.2 Å². The van der Waals surface area contributed by atoms with E-state index in [2.05, 4.69) is 92.9 Å². The minimum atomic E-state index is 0.153. The molecule has 2 aromatic rings. The number of ether oxygens (including phenoxy) is 1. The lowest BCUT2D eigenvalue weighted by Gasteiger charge is -2.55. The van der Waals surface area contributed by atoms with Gasteiger partial charge in [0.2, 0.25) is 0 Å². The van der Waals surface area contributed by atoms with Gasteiger partial charge in [-0.3, -0.25) is 0 Å². The highest BCUT2D eigenvalue weighted by atomic mass is 32.2. The Balaban J connectivity index is 1.87. The molecule has 0 radical (unpaired) electrons. The van der Waals surface area contributed by atoms with E-state index in [4.69, 9.17) is 4.74 Å². The van der Waals surface area contributed by atoms with Gasteiger partial charge in [-0.2, -0.15) is 0 Å². The maximum Gasteiger partial charge on any atom is 0.119 e. The van der Waals surface area contributed by atoms with Gasteiger partial charge in [-0.25, -0.2) is 0 Å². The van der Waals surface area contributed by atoms with Crippen LogP contribution in [0.4, 0.5) is 5.69 Å². The summed E-state index contributed by atoms with van der Waals surface area (Å²) in [5.41, 5.74) is 4.39. The number of anilines is 1. The molecule has 0 aromatic heterocycles. The normalized spacial score (nSPS) is 26.1. The zero-order valence-electron chi connectivity index (χ0n) is 15.0. The molecule has 2 aliphatic rings. The zero-order valence-corrected chi connectivity index (χ0v) is 15.9.